The summed E-state index contributed by atoms with van der Waals surface area (Å²) in [5.41, 5.74) is 0. The molecule has 1 unspecified atom stereocenters. The summed E-state index contributed by atoms with van der Waals surface area (Å²) in [7, 11) is -5.75. The van der Waals surface area contributed by atoms with Crippen LogP contribution in [0.25, 0.3) is 0 Å². The summed E-state index contributed by atoms with van der Waals surface area (Å²) in [5.74, 6) is 1.31. The fourth-order valence-corrected chi connectivity index (χ4v) is 1.45. The summed E-state index contributed by atoms with van der Waals surface area (Å²) in [6.45, 7) is 0.799. The van der Waals surface area contributed by atoms with E-state index in [0.29, 0.717) is 37.2 Å². The van der Waals surface area contributed by atoms with E-state index in [1.54, 1.807) is 7.11 Å². The fraction of sp³-hybridized carbons (Fsp3) is 0.462. The first-order chi connectivity index (χ1) is 11.8. The number of ether oxygens (including phenoxy) is 3. The molecule has 11 nitrogen and oxygen atoms in total. The van der Waals surface area contributed by atoms with Crippen molar-refractivity contribution in [1.29, 1.82) is 0 Å². The lowest BCUT2D eigenvalue weighted by Gasteiger charge is -2.12. The lowest BCUT2D eigenvalue weighted by atomic mass is 10.3. The smallest absolute Gasteiger partial charge is 0.407 e. The van der Waals surface area contributed by atoms with Gasteiger partial charge in [0.1, 0.15) is 6.61 Å². The summed E-state index contributed by atoms with van der Waals surface area (Å²) in [5, 5.41) is 2.56. The highest BCUT2D eigenvalue weighted by Crippen LogP contribution is 2.26. The minimum Gasteiger partial charge on any atom is -0.493 e. The van der Waals surface area contributed by atoms with E-state index in [2.05, 4.69) is 5.32 Å². The van der Waals surface area contributed by atoms with Gasteiger partial charge in [0.25, 0.3) is 20.2 Å². The Balaban J connectivity index is 0.000000520. The zero-order valence-corrected chi connectivity index (χ0v) is 15.9. The Bertz CT molecular complexity index is 730. The number of nitrogens with one attached hydrogen (secondary N) is 1. The molecule has 0 radical (unpaired) electrons. The van der Waals surface area contributed by atoms with E-state index in [0.717, 1.165) is 0 Å². The number of amides is 1. The van der Waals surface area contributed by atoms with Crippen molar-refractivity contribution in [2.24, 2.45) is 0 Å². The second-order valence-electron chi connectivity index (χ2n) is 4.84. The Kier molecular flexibility index (Phi) is 9.93. The SMILES string of the molecule is COc1ccccc1OCC1CNC(=O)O1.CS(=O)(=O)O.CS(=O)(=O)O. The van der Waals surface area contributed by atoms with Crippen molar-refractivity contribution in [2.45, 2.75) is 6.10 Å². The van der Waals surface area contributed by atoms with Gasteiger partial charge < -0.3 is 19.5 Å². The van der Waals surface area contributed by atoms with Gasteiger partial charge in [0.2, 0.25) is 0 Å². The number of para-hydroxylation sites is 2. The molecule has 1 aromatic carbocycles. The molecule has 3 N–H and O–H groups in total. The molecule has 26 heavy (non-hydrogen) atoms. The molecule has 0 bridgehead atoms. The predicted octanol–water partition coefficient (Wildman–Crippen LogP) is 0.190. The first kappa shape index (κ1) is 23.9. The topological polar surface area (TPSA) is 166 Å². The molecular formula is C13H21NO10S2. The molecule has 1 aliphatic heterocycles. The van der Waals surface area contributed by atoms with Gasteiger partial charge in [-0.1, -0.05) is 12.1 Å². The van der Waals surface area contributed by atoms with Gasteiger partial charge in [-0.15, -0.1) is 0 Å². The standard InChI is InChI=1S/C11H13NO4.2CH4O3S/c1-14-9-4-2-3-5-10(9)15-7-8-6-12-11(13)16-8;2*1-5(2,3)4/h2-5,8H,6-7H2,1H3,(H,12,13);2*1H3,(H,2,3,4). The van der Waals surface area contributed by atoms with Crippen molar-refractivity contribution in [3.05, 3.63) is 24.3 Å². The monoisotopic (exact) mass is 415 g/mol. The van der Waals surface area contributed by atoms with Crippen molar-refractivity contribution in [3.63, 3.8) is 0 Å². The third-order valence-corrected chi connectivity index (χ3v) is 2.24. The molecule has 0 aromatic heterocycles. The van der Waals surface area contributed by atoms with Gasteiger partial charge in [0.05, 0.1) is 26.2 Å². The average molecular weight is 415 g/mol. The lowest BCUT2D eigenvalue weighted by molar-refractivity contribution is 0.103. The van der Waals surface area contributed by atoms with Crippen LogP contribution in [0.2, 0.25) is 0 Å². The Morgan fingerprint density at radius 2 is 1.58 bits per heavy atom. The van der Waals surface area contributed by atoms with Crippen LogP contribution in [0, 0.1) is 0 Å². The number of hydrogen-bond donors (Lipinski definition) is 3. The van der Waals surface area contributed by atoms with Crippen LogP contribution in [0.15, 0.2) is 24.3 Å². The number of hydrogen-bond acceptors (Lipinski definition) is 8. The highest BCUT2D eigenvalue weighted by Gasteiger charge is 2.23. The molecule has 0 saturated carbocycles. The molecule has 0 aliphatic carbocycles. The molecule has 1 atom stereocenters. The van der Waals surface area contributed by atoms with Crippen molar-refractivity contribution >= 4 is 26.3 Å². The van der Waals surface area contributed by atoms with Crippen LogP contribution in [0.4, 0.5) is 4.79 Å². The van der Waals surface area contributed by atoms with Gasteiger partial charge in [0.15, 0.2) is 17.6 Å². The Morgan fingerprint density at radius 1 is 1.12 bits per heavy atom. The number of rotatable bonds is 4. The van der Waals surface area contributed by atoms with Crippen LogP contribution >= 0.6 is 0 Å². The van der Waals surface area contributed by atoms with Crippen molar-refractivity contribution in [1.82, 2.24) is 5.32 Å². The van der Waals surface area contributed by atoms with Crippen LogP contribution in [0.3, 0.4) is 0 Å². The Morgan fingerprint density at radius 3 is 1.96 bits per heavy atom. The van der Waals surface area contributed by atoms with Crippen molar-refractivity contribution in [3.8, 4) is 11.5 Å². The van der Waals surface area contributed by atoms with Crippen LogP contribution in [-0.4, -0.2) is 70.9 Å². The summed E-state index contributed by atoms with van der Waals surface area (Å²) >= 11 is 0. The fourth-order valence-electron chi connectivity index (χ4n) is 1.45. The van der Waals surface area contributed by atoms with Crippen LogP contribution in [0.1, 0.15) is 0 Å². The molecule has 1 aliphatic rings. The average Bonchev–Trinajstić information content (AvgIpc) is 2.87. The number of alkyl carbamates (subject to hydrolysis) is 1. The molecule has 1 aromatic rings. The number of carbonyl (C=O) groups is 1. The number of cyclic esters (lactones) is 1. The molecular weight excluding hydrogens is 394 g/mol. The third-order valence-electron chi connectivity index (χ3n) is 2.24. The molecule has 13 heteroatoms. The van der Waals surface area contributed by atoms with E-state index < -0.39 is 26.3 Å². The maximum Gasteiger partial charge on any atom is 0.407 e. The van der Waals surface area contributed by atoms with Crippen molar-refractivity contribution in [2.75, 3.05) is 32.8 Å². The molecule has 1 fully saturated rings. The van der Waals surface area contributed by atoms with E-state index >= 15 is 0 Å². The highest BCUT2D eigenvalue weighted by molar-refractivity contribution is 7.85. The van der Waals surface area contributed by atoms with E-state index in [1.807, 2.05) is 24.3 Å². The first-order valence-electron chi connectivity index (χ1n) is 6.84. The van der Waals surface area contributed by atoms with Crippen LogP contribution in [0.5, 0.6) is 11.5 Å². The lowest BCUT2D eigenvalue weighted by Crippen LogP contribution is -2.22. The van der Waals surface area contributed by atoms with Gasteiger partial charge in [-0.25, -0.2) is 4.79 Å². The number of methoxy groups -OCH3 is 1. The minimum absolute atomic E-state index is 0.239. The van der Waals surface area contributed by atoms with Crippen LogP contribution < -0.4 is 14.8 Å². The van der Waals surface area contributed by atoms with E-state index in [-0.39, 0.29) is 6.10 Å². The molecule has 1 amide bonds. The largest absolute Gasteiger partial charge is 0.493 e. The van der Waals surface area contributed by atoms with Gasteiger partial charge in [-0.05, 0) is 12.1 Å². The van der Waals surface area contributed by atoms with Gasteiger partial charge in [-0.2, -0.15) is 16.8 Å². The molecule has 2 rings (SSSR count). The third kappa shape index (κ3) is 15.4. The summed E-state index contributed by atoms with van der Waals surface area (Å²) in [6.07, 6.45) is 0.797. The van der Waals surface area contributed by atoms with Crippen LogP contribution in [-0.2, 0) is 25.0 Å². The Hall–Kier alpha value is -2.09. The molecule has 0 spiro atoms. The normalized spacial score (nSPS) is 16.0. The molecule has 150 valence electrons. The second-order valence-corrected chi connectivity index (χ2v) is 7.77. The predicted molar refractivity (Wildman–Crippen MR) is 91.7 cm³/mol. The van der Waals surface area contributed by atoms with Crippen molar-refractivity contribution < 1.29 is 44.9 Å². The van der Waals surface area contributed by atoms with Gasteiger partial charge in [0, 0.05) is 0 Å². The number of benzene rings is 1. The minimum atomic E-state index is -3.67. The number of carbonyl (C=O) groups excluding carboxylic acids is 1. The Labute approximate surface area is 151 Å². The highest BCUT2D eigenvalue weighted by atomic mass is 32.2. The van der Waals surface area contributed by atoms with E-state index in [1.165, 1.54) is 0 Å². The maximum absolute atomic E-state index is 10.8. The molecule has 1 heterocycles. The zero-order valence-electron chi connectivity index (χ0n) is 14.3. The first-order valence-corrected chi connectivity index (χ1v) is 10.5. The maximum atomic E-state index is 10.8. The summed E-state index contributed by atoms with van der Waals surface area (Å²) < 4.78 is 67.3. The summed E-state index contributed by atoms with van der Waals surface area (Å²) in [4.78, 5) is 10.8. The zero-order chi connectivity index (χ0) is 20.4. The molecule has 1 saturated heterocycles. The quantitative estimate of drug-likeness (QED) is 0.578. The van der Waals surface area contributed by atoms with Gasteiger partial charge in [-0.3, -0.25) is 9.11 Å². The van der Waals surface area contributed by atoms with E-state index in [4.69, 9.17) is 23.3 Å². The second kappa shape index (κ2) is 10.8. The van der Waals surface area contributed by atoms with E-state index in [9.17, 15) is 21.6 Å². The van der Waals surface area contributed by atoms with Gasteiger partial charge >= 0.3 is 6.09 Å². The summed E-state index contributed by atoms with van der Waals surface area (Å²) in [6, 6.07) is 7.34.